The molecule has 110 valence electrons. The van der Waals surface area contributed by atoms with E-state index in [1.165, 1.54) is 6.92 Å². The molecule has 0 aromatic rings. The number of fused-ring (bicyclic) bond motifs is 1. The molecule has 0 amide bonds. The molecule has 0 aromatic carbocycles. The van der Waals surface area contributed by atoms with Crippen molar-refractivity contribution in [3.63, 3.8) is 0 Å². The Bertz CT molecular complexity index is 388. The normalized spacial score (nSPS) is 49.5. The lowest BCUT2D eigenvalue weighted by molar-refractivity contribution is -0.225. The maximum atomic E-state index is 11.7. The lowest BCUT2D eigenvalue weighted by Gasteiger charge is -2.60. The SMILES string of the molecule is CC1(C)CCC[C@@]2(C)[C@H]1C[C@H](O)[C@@](C)(O)[C@@H]2C(=O)O. The predicted octanol–water partition coefficient (Wildman–Crippen LogP) is 2.04. The lowest BCUT2D eigenvalue weighted by atomic mass is 9.45. The first kappa shape index (κ1) is 14.8. The van der Waals surface area contributed by atoms with Crippen LogP contribution in [0.5, 0.6) is 0 Å². The molecule has 0 unspecified atom stereocenters. The molecule has 2 saturated carbocycles. The third-order valence-electron chi connectivity index (χ3n) is 5.90. The first-order valence-corrected chi connectivity index (χ1v) is 7.17. The highest BCUT2D eigenvalue weighted by molar-refractivity contribution is 5.73. The zero-order chi connectivity index (χ0) is 14.6. The molecule has 2 fully saturated rings. The van der Waals surface area contributed by atoms with E-state index >= 15 is 0 Å². The first-order valence-electron chi connectivity index (χ1n) is 7.17. The Morgan fingerprint density at radius 2 is 1.74 bits per heavy atom. The van der Waals surface area contributed by atoms with Crippen LogP contribution in [-0.4, -0.2) is 33.0 Å². The second-order valence-electron chi connectivity index (χ2n) is 7.65. The summed E-state index contributed by atoms with van der Waals surface area (Å²) >= 11 is 0. The van der Waals surface area contributed by atoms with Gasteiger partial charge in [-0.3, -0.25) is 4.79 Å². The third kappa shape index (κ3) is 2.00. The molecule has 4 nitrogen and oxygen atoms in total. The van der Waals surface area contributed by atoms with Crippen molar-refractivity contribution in [3.8, 4) is 0 Å². The molecule has 5 atom stereocenters. The van der Waals surface area contributed by atoms with Crippen LogP contribution in [0.15, 0.2) is 0 Å². The maximum absolute atomic E-state index is 11.7. The number of rotatable bonds is 1. The molecule has 0 radical (unpaired) electrons. The summed E-state index contributed by atoms with van der Waals surface area (Å²) in [7, 11) is 0. The molecule has 2 rings (SSSR count). The number of carboxylic acids is 1. The number of carboxylic acid groups (broad SMARTS) is 1. The molecule has 2 aliphatic rings. The van der Waals surface area contributed by atoms with Crippen molar-refractivity contribution in [3.05, 3.63) is 0 Å². The number of aliphatic hydroxyl groups excluding tert-OH is 1. The molecule has 0 saturated heterocycles. The van der Waals surface area contributed by atoms with Crippen LogP contribution in [0.25, 0.3) is 0 Å². The van der Waals surface area contributed by atoms with Gasteiger partial charge in [0.25, 0.3) is 0 Å². The van der Waals surface area contributed by atoms with Crippen LogP contribution in [0.4, 0.5) is 0 Å². The fourth-order valence-corrected chi connectivity index (χ4v) is 4.95. The smallest absolute Gasteiger partial charge is 0.310 e. The summed E-state index contributed by atoms with van der Waals surface area (Å²) in [5.74, 6) is -1.77. The van der Waals surface area contributed by atoms with Crippen molar-refractivity contribution in [2.24, 2.45) is 22.7 Å². The van der Waals surface area contributed by atoms with Crippen LogP contribution in [0, 0.1) is 22.7 Å². The van der Waals surface area contributed by atoms with Gasteiger partial charge in [0.05, 0.1) is 12.0 Å². The van der Waals surface area contributed by atoms with Gasteiger partial charge in [0.15, 0.2) is 0 Å². The number of aliphatic hydroxyl groups is 2. The molecule has 0 heterocycles. The van der Waals surface area contributed by atoms with Crippen molar-refractivity contribution in [2.75, 3.05) is 0 Å². The molecule has 3 N–H and O–H groups in total. The highest BCUT2D eigenvalue weighted by Gasteiger charge is 2.63. The number of hydrogen-bond acceptors (Lipinski definition) is 3. The highest BCUT2D eigenvalue weighted by Crippen LogP contribution is 2.61. The van der Waals surface area contributed by atoms with Crippen LogP contribution in [-0.2, 0) is 4.79 Å². The van der Waals surface area contributed by atoms with E-state index in [1.54, 1.807) is 0 Å². The monoisotopic (exact) mass is 270 g/mol. The average molecular weight is 270 g/mol. The summed E-state index contributed by atoms with van der Waals surface area (Å²) in [4.78, 5) is 11.7. The lowest BCUT2D eigenvalue weighted by Crippen LogP contribution is -2.65. The van der Waals surface area contributed by atoms with Gasteiger partial charge < -0.3 is 15.3 Å². The summed E-state index contributed by atoms with van der Waals surface area (Å²) < 4.78 is 0. The van der Waals surface area contributed by atoms with E-state index in [9.17, 15) is 20.1 Å². The summed E-state index contributed by atoms with van der Waals surface area (Å²) in [5.41, 5.74) is -1.99. The Morgan fingerprint density at radius 3 is 2.26 bits per heavy atom. The van der Waals surface area contributed by atoms with Crippen molar-refractivity contribution in [1.29, 1.82) is 0 Å². The van der Waals surface area contributed by atoms with Gasteiger partial charge in [0.2, 0.25) is 0 Å². The Labute approximate surface area is 114 Å². The number of aliphatic carboxylic acids is 1. The van der Waals surface area contributed by atoms with Gasteiger partial charge in [-0.1, -0.05) is 27.2 Å². The Balaban J connectivity index is 2.51. The zero-order valence-electron chi connectivity index (χ0n) is 12.3. The molecule has 4 heteroatoms. The Hall–Kier alpha value is -0.610. The molecule has 2 aliphatic carbocycles. The summed E-state index contributed by atoms with van der Waals surface area (Å²) in [5, 5.41) is 30.3. The number of hydrogen-bond donors (Lipinski definition) is 3. The second-order valence-corrected chi connectivity index (χ2v) is 7.65. The van der Waals surface area contributed by atoms with E-state index in [4.69, 9.17) is 0 Å². The minimum atomic E-state index is -1.55. The van der Waals surface area contributed by atoms with E-state index in [2.05, 4.69) is 13.8 Å². The average Bonchev–Trinajstić information content (AvgIpc) is 2.20. The van der Waals surface area contributed by atoms with Crippen LogP contribution >= 0.6 is 0 Å². The fourth-order valence-electron chi connectivity index (χ4n) is 4.95. The van der Waals surface area contributed by atoms with Gasteiger partial charge in [-0.15, -0.1) is 0 Å². The first-order chi connectivity index (χ1) is 8.53. The molecule has 0 aliphatic heterocycles. The molecular formula is C15H26O4. The molecule has 0 aromatic heterocycles. The van der Waals surface area contributed by atoms with Gasteiger partial charge in [-0.05, 0) is 42.9 Å². The van der Waals surface area contributed by atoms with Crippen molar-refractivity contribution >= 4 is 5.97 Å². The minimum Gasteiger partial charge on any atom is -0.481 e. The summed E-state index contributed by atoms with van der Waals surface area (Å²) in [6.45, 7) is 7.76. The van der Waals surface area contributed by atoms with Crippen LogP contribution in [0.3, 0.4) is 0 Å². The predicted molar refractivity (Wildman–Crippen MR) is 71.6 cm³/mol. The van der Waals surface area contributed by atoms with Gasteiger partial charge >= 0.3 is 5.97 Å². The van der Waals surface area contributed by atoms with Crippen molar-refractivity contribution in [2.45, 2.75) is 65.1 Å². The molecular weight excluding hydrogens is 244 g/mol. The zero-order valence-corrected chi connectivity index (χ0v) is 12.3. The molecule has 19 heavy (non-hydrogen) atoms. The Morgan fingerprint density at radius 1 is 1.16 bits per heavy atom. The van der Waals surface area contributed by atoms with Crippen molar-refractivity contribution in [1.82, 2.24) is 0 Å². The van der Waals surface area contributed by atoms with E-state index in [1.807, 2.05) is 6.92 Å². The maximum Gasteiger partial charge on any atom is 0.310 e. The van der Waals surface area contributed by atoms with E-state index < -0.39 is 29.0 Å². The standard InChI is InChI=1S/C15H26O4/c1-13(2)6-5-7-14(3)9(13)8-10(16)15(4,19)11(14)12(17)18/h9-11,16,19H,5-8H2,1-4H3,(H,17,18)/t9-,10-,11+,14-,15+/m0/s1. The number of carbonyl (C=O) groups is 1. The van der Waals surface area contributed by atoms with Gasteiger partial charge in [-0.2, -0.15) is 0 Å². The van der Waals surface area contributed by atoms with E-state index in [-0.39, 0.29) is 11.3 Å². The van der Waals surface area contributed by atoms with Crippen molar-refractivity contribution < 1.29 is 20.1 Å². The Kier molecular flexibility index (Phi) is 3.26. The van der Waals surface area contributed by atoms with Gasteiger partial charge in [0.1, 0.15) is 5.60 Å². The topological polar surface area (TPSA) is 77.8 Å². The van der Waals surface area contributed by atoms with E-state index in [0.717, 1.165) is 19.3 Å². The van der Waals surface area contributed by atoms with Crippen LogP contribution in [0.2, 0.25) is 0 Å². The largest absolute Gasteiger partial charge is 0.481 e. The van der Waals surface area contributed by atoms with Crippen LogP contribution < -0.4 is 0 Å². The van der Waals surface area contributed by atoms with Gasteiger partial charge in [0, 0.05) is 0 Å². The molecule has 0 bridgehead atoms. The molecule has 0 spiro atoms. The highest BCUT2D eigenvalue weighted by atomic mass is 16.4. The second kappa shape index (κ2) is 4.19. The fraction of sp³-hybridized carbons (Fsp3) is 0.933. The minimum absolute atomic E-state index is 0.0121. The summed E-state index contributed by atoms with van der Waals surface area (Å²) in [6.07, 6.45) is 2.36. The van der Waals surface area contributed by atoms with Gasteiger partial charge in [-0.25, -0.2) is 0 Å². The van der Waals surface area contributed by atoms with E-state index in [0.29, 0.717) is 6.42 Å². The summed E-state index contributed by atoms with van der Waals surface area (Å²) in [6, 6.07) is 0. The quantitative estimate of drug-likeness (QED) is 0.681. The third-order valence-corrected chi connectivity index (χ3v) is 5.90. The van der Waals surface area contributed by atoms with Crippen LogP contribution in [0.1, 0.15) is 53.4 Å².